The highest BCUT2D eigenvalue weighted by Gasteiger charge is 2.55. The molecule has 1 fully saturated rings. The van der Waals surface area contributed by atoms with Crippen LogP contribution in [0.25, 0.3) is 11.1 Å². The van der Waals surface area contributed by atoms with Crippen molar-refractivity contribution in [3.63, 3.8) is 0 Å². The molecule has 1 atom stereocenters. The quantitative estimate of drug-likeness (QED) is 0.164. The Labute approximate surface area is 259 Å². The fourth-order valence-electron chi connectivity index (χ4n) is 6.60. The van der Waals surface area contributed by atoms with Crippen molar-refractivity contribution >= 4 is 21.9 Å². The third-order valence-electron chi connectivity index (χ3n) is 8.52. The molecule has 7 rings (SSSR count). The Morgan fingerprint density at radius 2 is 1.42 bits per heavy atom. The van der Waals surface area contributed by atoms with Crippen LogP contribution in [-0.4, -0.2) is 30.8 Å². The number of nitrogens with zero attached hydrogens (tertiary/aromatic N) is 1. The number of halogens is 1. The average Bonchev–Trinajstić information content (AvgIpc) is 3.57. The van der Waals surface area contributed by atoms with E-state index >= 15 is 0 Å². The van der Waals surface area contributed by atoms with Gasteiger partial charge in [0.05, 0.1) is 7.11 Å². The highest BCUT2D eigenvalue weighted by atomic mass is 79.9. The fourth-order valence-corrected chi connectivity index (χ4v) is 7.08. The Hall–Kier alpha value is -4.39. The Morgan fingerprint density at radius 1 is 0.814 bits per heavy atom. The highest BCUT2D eigenvalue weighted by Crippen LogP contribution is 2.55. The molecule has 5 aromatic rings. The van der Waals surface area contributed by atoms with E-state index in [1.165, 1.54) is 11.1 Å². The molecule has 214 valence electrons. The molecule has 0 bridgehead atoms. The van der Waals surface area contributed by atoms with Crippen molar-refractivity contribution < 1.29 is 19.0 Å². The van der Waals surface area contributed by atoms with Crippen molar-refractivity contribution in [2.45, 2.75) is 24.6 Å². The molecular formula is C37H30BrNO4. The van der Waals surface area contributed by atoms with Gasteiger partial charge in [0.25, 0.3) is 0 Å². The van der Waals surface area contributed by atoms with Gasteiger partial charge in [-0.2, -0.15) is 0 Å². The standard InChI is InChI=1S/C37H30BrNO4/c1-41-34-22-32(38)26(21-35(34)42-23-25-12-4-2-5-13-25)20-33-36(40)43-24-39(33)37(27-14-6-3-7-15-27)30-18-10-8-16-28(30)29-17-9-11-19-31(29)37/h2-19,21-22,33H,20,23-24H2,1H3. The smallest absolute Gasteiger partial charge is 0.325 e. The second kappa shape index (κ2) is 11.4. The van der Waals surface area contributed by atoms with Gasteiger partial charge < -0.3 is 14.2 Å². The molecule has 1 saturated heterocycles. The van der Waals surface area contributed by atoms with Crippen LogP contribution in [-0.2, 0) is 28.1 Å². The molecule has 2 aliphatic rings. The van der Waals surface area contributed by atoms with E-state index in [1.807, 2.05) is 48.5 Å². The van der Waals surface area contributed by atoms with Gasteiger partial charge in [0.15, 0.2) is 11.5 Å². The molecule has 6 heteroatoms. The predicted octanol–water partition coefficient (Wildman–Crippen LogP) is 7.74. The summed E-state index contributed by atoms with van der Waals surface area (Å²) in [6, 6.07) is 40.8. The Morgan fingerprint density at radius 3 is 2.07 bits per heavy atom. The number of ether oxygens (including phenoxy) is 3. The minimum absolute atomic E-state index is 0.173. The van der Waals surface area contributed by atoms with Crippen molar-refractivity contribution in [1.29, 1.82) is 0 Å². The number of rotatable bonds is 8. The van der Waals surface area contributed by atoms with Crippen molar-refractivity contribution in [1.82, 2.24) is 4.90 Å². The number of carbonyl (C=O) groups is 1. The zero-order valence-electron chi connectivity index (χ0n) is 23.7. The maximum Gasteiger partial charge on any atom is 0.325 e. The van der Waals surface area contributed by atoms with Crippen LogP contribution in [0.2, 0.25) is 0 Å². The van der Waals surface area contributed by atoms with Crippen LogP contribution in [0.15, 0.2) is 126 Å². The SMILES string of the molecule is COc1cc(Br)c(CC2C(=O)OCN2C2(c3ccccc3)c3ccccc3-c3ccccc32)cc1OCc1ccccc1. The predicted molar refractivity (Wildman–Crippen MR) is 170 cm³/mol. The van der Waals surface area contributed by atoms with Crippen LogP contribution in [0.1, 0.15) is 27.8 Å². The topological polar surface area (TPSA) is 48.0 Å². The molecule has 43 heavy (non-hydrogen) atoms. The highest BCUT2D eigenvalue weighted by molar-refractivity contribution is 9.10. The van der Waals surface area contributed by atoms with Gasteiger partial charge in [0, 0.05) is 10.9 Å². The third kappa shape index (κ3) is 4.62. The molecule has 1 aliphatic heterocycles. The largest absolute Gasteiger partial charge is 0.493 e. The number of esters is 1. The number of fused-ring (bicyclic) bond motifs is 3. The van der Waals surface area contributed by atoms with Gasteiger partial charge in [-0.25, -0.2) is 4.90 Å². The lowest BCUT2D eigenvalue weighted by Crippen LogP contribution is -2.51. The van der Waals surface area contributed by atoms with Gasteiger partial charge in [-0.3, -0.25) is 4.79 Å². The van der Waals surface area contributed by atoms with Gasteiger partial charge in [-0.1, -0.05) is 125 Å². The lowest BCUT2D eigenvalue weighted by Gasteiger charge is -2.42. The zero-order valence-corrected chi connectivity index (χ0v) is 25.3. The van der Waals surface area contributed by atoms with E-state index in [0.29, 0.717) is 24.5 Å². The minimum Gasteiger partial charge on any atom is -0.493 e. The van der Waals surface area contributed by atoms with Gasteiger partial charge in [-0.15, -0.1) is 0 Å². The van der Waals surface area contributed by atoms with E-state index < -0.39 is 11.6 Å². The Bertz CT molecular complexity index is 1740. The molecule has 1 aliphatic carbocycles. The number of benzene rings is 5. The Kier molecular flexibility index (Phi) is 7.25. The van der Waals surface area contributed by atoms with Crippen LogP contribution >= 0.6 is 15.9 Å². The minimum atomic E-state index is -0.711. The van der Waals surface area contributed by atoms with Crippen LogP contribution in [0.4, 0.5) is 0 Å². The van der Waals surface area contributed by atoms with E-state index in [0.717, 1.165) is 32.3 Å². The maximum absolute atomic E-state index is 13.6. The monoisotopic (exact) mass is 631 g/mol. The number of methoxy groups -OCH3 is 1. The molecule has 1 unspecified atom stereocenters. The first kappa shape index (κ1) is 27.4. The van der Waals surface area contributed by atoms with Crippen molar-refractivity contribution in [3.05, 3.63) is 154 Å². The normalized spacial score (nSPS) is 16.8. The molecule has 5 aromatic carbocycles. The van der Waals surface area contributed by atoms with E-state index in [-0.39, 0.29) is 12.7 Å². The van der Waals surface area contributed by atoms with Crippen molar-refractivity contribution in [3.8, 4) is 22.6 Å². The van der Waals surface area contributed by atoms with Crippen molar-refractivity contribution in [2.24, 2.45) is 0 Å². The summed E-state index contributed by atoms with van der Waals surface area (Å²) < 4.78 is 18.6. The molecule has 0 aromatic heterocycles. The molecule has 0 radical (unpaired) electrons. The first-order valence-corrected chi connectivity index (χ1v) is 15.1. The maximum atomic E-state index is 13.6. The van der Waals surface area contributed by atoms with Gasteiger partial charge in [-0.05, 0) is 51.1 Å². The summed E-state index contributed by atoms with van der Waals surface area (Å²) in [5, 5.41) is 0. The second-order valence-corrected chi connectivity index (χ2v) is 11.7. The van der Waals surface area contributed by atoms with E-state index in [2.05, 4.69) is 93.6 Å². The summed E-state index contributed by atoms with van der Waals surface area (Å²) in [5.74, 6) is 1.00. The molecule has 0 N–H and O–H groups in total. The van der Waals surface area contributed by atoms with Crippen LogP contribution in [0.3, 0.4) is 0 Å². The van der Waals surface area contributed by atoms with Crippen LogP contribution in [0, 0.1) is 0 Å². The van der Waals surface area contributed by atoms with Gasteiger partial charge >= 0.3 is 5.97 Å². The van der Waals surface area contributed by atoms with E-state index in [9.17, 15) is 4.79 Å². The lowest BCUT2D eigenvalue weighted by molar-refractivity contribution is -0.139. The molecular weight excluding hydrogens is 602 g/mol. The zero-order chi connectivity index (χ0) is 29.4. The van der Waals surface area contributed by atoms with Crippen LogP contribution < -0.4 is 9.47 Å². The summed E-state index contributed by atoms with van der Waals surface area (Å²) >= 11 is 3.75. The summed E-state index contributed by atoms with van der Waals surface area (Å²) in [6.45, 7) is 0.576. The lowest BCUT2D eigenvalue weighted by atomic mass is 9.78. The van der Waals surface area contributed by atoms with Gasteiger partial charge in [0.2, 0.25) is 0 Å². The summed E-state index contributed by atoms with van der Waals surface area (Å²) in [5.41, 5.74) is 7.00. The number of hydrogen-bond donors (Lipinski definition) is 0. The fraction of sp³-hybridized carbons (Fsp3) is 0.162. The van der Waals surface area contributed by atoms with Gasteiger partial charge in [0.1, 0.15) is 24.9 Å². The number of hydrogen-bond acceptors (Lipinski definition) is 5. The van der Waals surface area contributed by atoms with Crippen molar-refractivity contribution in [2.75, 3.05) is 13.8 Å². The molecule has 5 nitrogen and oxygen atoms in total. The summed E-state index contributed by atoms with van der Waals surface area (Å²) in [6.07, 6.45) is 0.421. The first-order chi connectivity index (χ1) is 21.1. The summed E-state index contributed by atoms with van der Waals surface area (Å²) in [7, 11) is 1.63. The Balaban J connectivity index is 1.32. The second-order valence-electron chi connectivity index (χ2n) is 10.8. The van der Waals surface area contributed by atoms with E-state index in [1.54, 1.807) is 7.11 Å². The number of carbonyl (C=O) groups excluding carboxylic acids is 1. The molecule has 0 saturated carbocycles. The average molecular weight is 633 g/mol. The molecule has 0 amide bonds. The van der Waals surface area contributed by atoms with E-state index in [4.69, 9.17) is 14.2 Å². The molecule has 1 heterocycles. The first-order valence-electron chi connectivity index (χ1n) is 14.3. The summed E-state index contributed by atoms with van der Waals surface area (Å²) in [4.78, 5) is 15.9. The molecule has 0 spiro atoms. The number of cyclic esters (lactones) is 1. The van der Waals surface area contributed by atoms with Crippen LogP contribution in [0.5, 0.6) is 11.5 Å². The third-order valence-corrected chi connectivity index (χ3v) is 9.26.